The maximum Gasteiger partial charge on any atom is 0.410 e. The number of rotatable bonds is 4. The largest absolute Gasteiger partial charge is 0.444 e. The van der Waals surface area contributed by atoms with E-state index in [1.165, 1.54) is 25.7 Å². The van der Waals surface area contributed by atoms with Crippen LogP contribution >= 0.6 is 11.8 Å². The van der Waals surface area contributed by atoms with Crippen molar-refractivity contribution in [3.05, 3.63) is 30.3 Å². The van der Waals surface area contributed by atoms with Crippen molar-refractivity contribution >= 4 is 34.6 Å². The number of ether oxygens (including phenoxy) is 1. The number of anilines is 1. The minimum absolute atomic E-state index is 0.123. The number of carbonyl (C=O) groups is 2. The van der Waals surface area contributed by atoms with Gasteiger partial charge in [-0.1, -0.05) is 55.6 Å². The highest BCUT2D eigenvalue weighted by atomic mass is 32.2. The molecule has 0 aromatic heterocycles. The molecule has 0 bridgehead atoms. The molecule has 1 unspecified atom stereocenters. The van der Waals surface area contributed by atoms with Crippen LogP contribution < -0.4 is 10.2 Å². The van der Waals surface area contributed by atoms with Crippen LogP contribution in [0.2, 0.25) is 0 Å². The Morgan fingerprint density at radius 3 is 2.31 bits per heavy atom. The summed E-state index contributed by atoms with van der Waals surface area (Å²) in [4.78, 5) is 33.5. The lowest BCUT2D eigenvalue weighted by molar-refractivity contribution is -0.120. The smallest absolute Gasteiger partial charge is 0.410 e. The topological polar surface area (TPSA) is 74.2 Å². The number of piperidine rings is 1. The van der Waals surface area contributed by atoms with Gasteiger partial charge in [0.05, 0.1) is 0 Å². The third kappa shape index (κ3) is 6.58. The Morgan fingerprint density at radius 2 is 1.71 bits per heavy atom. The fourth-order valence-corrected chi connectivity index (χ4v) is 6.35. The summed E-state index contributed by atoms with van der Waals surface area (Å²) in [7, 11) is 0. The van der Waals surface area contributed by atoms with Crippen molar-refractivity contribution in [3.63, 3.8) is 0 Å². The average Bonchev–Trinajstić information content (AvgIpc) is 2.96. The second-order valence-corrected chi connectivity index (χ2v) is 12.5. The number of hydrogen-bond donors (Lipinski definition) is 1. The normalized spacial score (nSPS) is 24.7. The van der Waals surface area contributed by atoms with Crippen molar-refractivity contribution in [3.8, 4) is 0 Å². The number of benzene rings is 1. The van der Waals surface area contributed by atoms with Gasteiger partial charge in [-0.05, 0) is 65.5 Å². The molecule has 3 aliphatic rings. The number of amidine groups is 1. The van der Waals surface area contributed by atoms with Crippen molar-refractivity contribution in [1.29, 1.82) is 0 Å². The molecule has 1 aliphatic carbocycles. The van der Waals surface area contributed by atoms with Crippen LogP contribution in [-0.2, 0) is 9.53 Å². The first-order chi connectivity index (χ1) is 16.6. The molecule has 2 fully saturated rings. The first-order valence-corrected chi connectivity index (χ1v) is 13.9. The highest BCUT2D eigenvalue weighted by Crippen LogP contribution is 2.38. The van der Waals surface area contributed by atoms with Crippen LogP contribution in [0.5, 0.6) is 0 Å². The standard InChI is InChI=1S/C27H40N4O3S/c1-26(2,3)34-25(33)30-18-16-20(17-19-30)29-27(4)23(32)28-24(35-27)31(22-14-10-7-11-15-22)21-12-8-5-6-9-13-21/h7,10-11,14-15,20-21,29H,5-6,8-9,12-13,16-19H2,1-4H3. The minimum Gasteiger partial charge on any atom is -0.444 e. The number of nitrogens with zero attached hydrogens (tertiary/aromatic N) is 3. The lowest BCUT2D eigenvalue weighted by atomic mass is 10.0. The van der Waals surface area contributed by atoms with E-state index in [9.17, 15) is 9.59 Å². The minimum atomic E-state index is -0.800. The van der Waals surface area contributed by atoms with Crippen LogP contribution in [0.1, 0.15) is 79.1 Å². The zero-order valence-electron chi connectivity index (χ0n) is 21.6. The highest BCUT2D eigenvalue weighted by molar-refractivity contribution is 8.16. The van der Waals surface area contributed by atoms with Gasteiger partial charge < -0.3 is 14.5 Å². The number of para-hydroxylation sites is 1. The molecular formula is C27H40N4O3S. The van der Waals surface area contributed by atoms with E-state index in [1.54, 1.807) is 16.7 Å². The molecule has 2 aliphatic heterocycles. The fraction of sp³-hybridized carbons (Fsp3) is 0.667. The van der Waals surface area contributed by atoms with Gasteiger partial charge in [0.25, 0.3) is 5.91 Å². The molecule has 1 aromatic carbocycles. The highest BCUT2D eigenvalue weighted by Gasteiger charge is 2.45. The lowest BCUT2D eigenvalue weighted by Crippen LogP contribution is -2.54. The summed E-state index contributed by atoms with van der Waals surface area (Å²) in [6.07, 6.45) is 8.52. The Bertz CT molecular complexity index is 916. The summed E-state index contributed by atoms with van der Waals surface area (Å²) < 4.78 is 5.52. The number of likely N-dealkylation sites (tertiary alicyclic amines) is 1. The van der Waals surface area contributed by atoms with Gasteiger partial charge in [0.2, 0.25) is 0 Å². The van der Waals surface area contributed by atoms with Crippen LogP contribution in [0.3, 0.4) is 0 Å². The molecule has 1 saturated heterocycles. The van der Waals surface area contributed by atoms with Gasteiger partial charge in [-0.25, -0.2) is 4.79 Å². The van der Waals surface area contributed by atoms with E-state index in [0.29, 0.717) is 19.1 Å². The molecule has 1 atom stereocenters. The predicted octanol–water partition coefficient (Wildman–Crippen LogP) is 5.55. The molecule has 2 amide bonds. The van der Waals surface area contributed by atoms with E-state index in [0.717, 1.165) is 36.5 Å². The van der Waals surface area contributed by atoms with E-state index >= 15 is 0 Å². The van der Waals surface area contributed by atoms with Gasteiger partial charge in [0.15, 0.2) is 10.0 Å². The first kappa shape index (κ1) is 26.0. The number of hydrogen-bond acceptors (Lipinski definition) is 6. The molecule has 192 valence electrons. The summed E-state index contributed by atoms with van der Waals surface area (Å²) in [5, 5.41) is 4.40. The summed E-state index contributed by atoms with van der Waals surface area (Å²) in [6.45, 7) is 8.84. The Balaban J connectivity index is 1.41. The molecule has 0 radical (unpaired) electrons. The van der Waals surface area contributed by atoms with E-state index in [4.69, 9.17) is 4.74 Å². The number of nitrogens with one attached hydrogen (secondary N) is 1. The van der Waals surface area contributed by atoms with Crippen LogP contribution in [0.25, 0.3) is 0 Å². The fourth-order valence-electron chi connectivity index (χ4n) is 5.14. The van der Waals surface area contributed by atoms with E-state index in [1.807, 2.05) is 33.8 Å². The molecule has 35 heavy (non-hydrogen) atoms. The van der Waals surface area contributed by atoms with Gasteiger partial charge in [0, 0.05) is 30.9 Å². The second kappa shape index (κ2) is 10.9. The third-order valence-corrected chi connectivity index (χ3v) is 8.13. The molecule has 7 nitrogen and oxygen atoms in total. The summed E-state index contributed by atoms with van der Waals surface area (Å²) in [5.41, 5.74) is 0.607. The van der Waals surface area contributed by atoms with Gasteiger partial charge in [0.1, 0.15) is 5.60 Å². The van der Waals surface area contributed by atoms with Crippen molar-refractivity contribution in [2.24, 2.45) is 4.99 Å². The maximum atomic E-state index is 13.2. The lowest BCUT2D eigenvalue weighted by Gasteiger charge is -2.37. The van der Waals surface area contributed by atoms with Gasteiger partial charge in [-0.15, -0.1) is 0 Å². The van der Waals surface area contributed by atoms with Crippen molar-refractivity contribution in [1.82, 2.24) is 10.2 Å². The number of thioether (sulfide) groups is 1. The van der Waals surface area contributed by atoms with Crippen LogP contribution in [0, 0.1) is 0 Å². The molecule has 1 aromatic rings. The average molecular weight is 501 g/mol. The van der Waals surface area contributed by atoms with Gasteiger partial charge >= 0.3 is 6.09 Å². The van der Waals surface area contributed by atoms with E-state index in [2.05, 4.69) is 39.5 Å². The molecule has 1 saturated carbocycles. The summed E-state index contributed by atoms with van der Waals surface area (Å²) >= 11 is 1.54. The molecule has 1 N–H and O–H groups in total. The molecule has 2 heterocycles. The molecular weight excluding hydrogens is 460 g/mol. The van der Waals surface area contributed by atoms with Crippen LogP contribution in [0.4, 0.5) is 10.5 Å². The maximum absolute atomic E-state index is 13.2. The van der Waals surface area contributed by atoms with Crippen molar-refractivity contribution < 1.29 is 14.3 Å². The quantitative estimate of drug-likeness (QED) is 0.547. The molecule has 4 rings (SSSR count). The zero-order chi connectivity index (χ0) is 25.1. The Kier molecular flexibility index (Phi) is 8.11. The van der Waals surface area contributed by atoms with E-state index in [-0.39, 0.29) is 18.0 Å². The SMILES string of the molecule is CC(C)(C)OC(=O)N1CCC(NC2(C)SC(N(c3ccccc3)C3CCCCCC3)=NC2=O)CC1. The first-order valence-electron chi connectivity index (χ1n) is 13.1. The van der Waals surface area contributed by atoms with Crippen LogP contribution in [-0.4, -0.2) is 57.7 Å². The Hall–Kier alpha value is -2.06. The van der Waals surface area contributed by atoms with Crippen LogP contribution in [0.15, 0.2) is 35.3 Å². The van der Waals surface area contributed by atoms with E-state index < -0.39 is 10.5 Å². The molecule has 0 spiro atoms. The third-order valence-electron chi connectivity index (χ3n) is 6.96. The second-order valence-electron chi connectivity index (χ2n) is 11.1. The zero-order valence-corrected chi connectivity index (χ0v) is 22.4. The number of carbonyl (C=O) groups excluding carboxylic acids is 2. The Labute approximate surface area is 214 Å². The molecule has 8 heteroatoms. The Morgan fingerprint density at radius 1 is 1.09 bits per heavy atom. The van der Waals surface area contributed by atoms with Crippen molar-refractivity contribution in [2.75, 3.05) is 18.0 Å². The predicted molar refractivity (Wildman–Crippen MR) is 143 cm³/mol. The number of aliphatic imine (C=N–C) groups is 1. The summed E-state index contributed by atoms with van der Waals surface area (Å²) in [5.74, 6) is -0.123. The van der Waals surface area contributed by atoms with Gasteiger partial charge in [-0.2, -0.15) is 4.99 Å². The summed E-state index contributed by atoms with van der Waals surface area (Å²) in [6, 6.07) is 10.9. The van der Waals surface area contributed by atoms with Crippen molar-refractivity contribution in [2.45, 2.75) is 102 Å². The monoisotopic (exact) mass is 500 g/mol. The van der Waals surface area contributed by atoms with Gasteiger partial charge in [-0.3, -0.25) is 10.1 Å². The number of amides is 2.